The molecule has 0 amide bonds. The molecule has 1 N–H and O–H groups in total. The van der Waals surface area contributed by atoms with Crippen molar-refractivity contribution in [1.82, 2.24) is 5.32 Å². The molecular formula is C12H15ClN2S. The van der Waals surface area contributed by atoms with Gasteiger partial charge >= 0.3 is 0 Å². The number of nitrogens with zero attached hydrogens (tertiary/aromatic N) is 1. The monoisotopic (exact) mass is 254 g/mol. The first kappa shape index (κ1) is 11.7. The van der Waals surface area contributed by atoms with Gasteiger partial charge in [-0.3, -0.25) is 0 Å². The summed E-state index contributed by atoms with van der Waals surface area (Å²) in [5, 5.41) is 7.08. The maximum absolute atomic E-state index is 3.39. The van der Waals surface area contributed by atoms with Gasteiger partial charge in [0.25, 0.3) is 0 Å². The van der Waals surface area contributed by atoms with Crippen LogP contribution in [0.2, 0.25) is 0 Å². The summed E-state index contributed by atoms with van der Waals surface area (Å²) >= 11 is 1.85. The second-order valence-corrected chi connectivity index (χ2v) is 4.77. The highest BCUT2D eigenvalue weighted by atomic mass is 35.5. The van der Waals surface area contributed by atoms with Crippen molar-refractivity contribution in [1.29, 1.82) is 0 Å². The lowest BCUT2D eigenvalue weighted by Gasteiger charge is -2.28. The zero-order chi connectivity index (χ0) is 10.1. The Morgan fingerprint density at radius 2 is 1.88 bits per heavy atom. The fraction of sp³-hybridized carbons (Fsp3) is 0.333. The van der Waals surface area contributed by atoms with Crippen molar-refractivity contribution < 1.29 is 0 Å². The van der Waals surface area contributed by atoms with E-state index in [9.17, 15) is 0 Å². The van der Waals surface area contributed by atoms with Crippen molar-refractivity contribution in [3.8, 4) is 0 Å². The Morgan fingerprint density at radius 3 is 2.69 bits per heavy atom. The van der Waals surface area contributed by atoms with E-state index in [2.05, 4.69) is 39.9 Å². The summed E-state index contributed by atoms with van der Waals surface area (Å²) in [6.07, 6.45) is 0. The predicted octanol–water partition coefficient (Wildman–Crippen LogP) is 2.73. The van der Waals surface area contributed by atoms with Crippen LogP contribution in [-0.4, -0.2) is 26.2 Å². The number of thiophene rings is 1. The third kappa shape index (κ3) is 2.03. The number of benzene rings is 1. The van der Waals surface area contributed by atoms with Crippen LogP contribution < -0.4 is 10.2 Å². The standard InChI is InChI=1S/C12H14N2S.ClH/c1-2-4-12-10(3-1)11(9-15-12)14-7-5-13-6-8-14;/h1-4,9,13H,5-8H2;1H. The first-order chi connectivity index (χ1) is 7.45. The van der Waals surface area contributed by atoms with Crippen LogP contribution in [0.25, 0.3) is 10.1 Å². The Morgan fingerprint density at radius 1 is 1.12 bits per heavy atom. The lowest BCUT2D eigenvalue weighted by Crippen LogP contribution is -2.43. The Hall–Kier alpha value is -0.770. The third-order valence-electron chi connectivity index (χ3n) is 2.92. The van der Waals surface area contributed by atoms with E-state index in [4.69, 9.17) is 0 Å². The first-order valence-electron chi connectivity index (χ1n) is 5.37. The number of hydrogen-bond donors (Lipinski definition) is 1. The molecule has 4 heteroatoms. The van der Waals surface area contributed by atoms with Gasteiger partial charge in [0.15, 0.2) is 0 Å². The number of hydrogen-bond acceptors (Lipinski definition) is 3. The first-order valence-corrected chi connectivity index (χ1v) is 6.25. The van der Waals surface area contributed by atoms with Gasteiger partial charge in [0.05, 0.1) is 5.69 Å². The molecule has 1 aromatic carbocycles. The van der Waals surface area contributed by atoms with Crippen LogP contribution in [0.1, 0.15) is 0 Å². The van der Waals surface area contributed by atoms with Crippen molar-refractivity contribution in [2.75, 3.05) is 31.1 Å². The lowest BCUT2D eigenvalue weighted by molar-refractivity contribution is 0.591. The molecule has 0 atom stereocenters. The van der Waals surface area contributed by atoms with E-state index in [1.54, 1.807) is 0 Å². The van der Waals surface area contributed by atoms with Gasteiger partial charge in [0, 0.05) is 41.6 Å². The number of anilines is 1. The maximum atomic E-state index is 3.39. The van der Waals surface area contributed by atoms with E-state index in [-0.39, 0.29) is 12.4 Å². The minimum absolute atomic E-state index is 0. The molecule has 2 heterocycles. The molecule has 2 nitrogen and oxygen atoms in total. The van der Waals surface area contributed by atoms with Crippen molar-refractivity contribution in [3.05, 3.63) is 29.6 Å². The van der Waals surface area contributed by atoms with Crippen LogP contribution in [-0.2, 0) is 0 Å². The van der Waals surface area contributed by atoms with Gasteiger partial charge in [-0.1, -0.05) is 18.2 Å². The number of fused-ring (bicyclic) bond motifs is 1. The predicted molar refractivity (Wildman–Crippen MR) is 74.2 cm³/mol. The van der Waals surface area contributed by atoms with E-state index in [0.29, 0.717) is 0 Å². The van der Waals surface area contributed by atoms with Crippen LogP contribution in [0, 0.1) is 0 Å². The smallest absolute Gasteiger partial charge is 0.0555 e. The quantitative estimate of drug-likeness (QED) is 0.842. The zero-order valence-electron chi connectivity index (χ0n) is 8.98. The topological polar surface area (TPSA) is 15.3 Å². The Labute approximate surface area is 106 Å². The summed E-state index contributed by atoms with van der Waals surface area (Å²) in [4.78, 5) is 2.48. The SMILES string of the molecule is Cl.c1ccc2c(N3CCNCC3)csc2c1. The highest BCUT2D eigenvalue weighted by Crippen LogP contribution is 2.32. The highest BCUT2D eigenvalue weighted by molar-refractivity contribution is 7.17. The molecule has 0 aliphatic carbocycles. The fourth-order valence-electron chi connectivity index (χ4n) is 2.11. The van der Waals surface area contributed by atoms with Crippen molar-refractivity contribution >= 4 is 39.5 Å². The Bertz CT molecular complexity index is 463. The molecule has 1 saturated heterocycles. The number of piperazine rings is 1. The average molecular weight is 255 g/mol. The van der Waals surface area contributed by atoms with Crippen LogP contribution in [0.4, 0.5) is 5.69 Å². The van der Waals surface area contributed by atoms with E-state index in [0.717, 1.165) is 26.2 Å². The molecule has 2 aromatic rings. The molecule has 1 aliphatic rings. The van der Waals surface area contributed by atoms with Crippen LogP contribution in [0.3, 0.4) is 0 Å². The largest absolute Gasteiger partial charge is 0.368 e. The fourth-order valence-corrected chi connectivity index (χ4v) is 3.09. The van der Waals surface area contributed by atoms with Crippen LogP contribution >= 0.6 is 23.7 Å². The van der Waals surface area contributed by atoms with Crippen molar-refractivity contribution in [3.63, 3.8) is 0 Å². The zero-order valence-corrected chi connectivity index (χ0v) is 10.6. The lowest BCUT2D eigenvalue weighted by atomic mass is 10.2. The summed E-state index contributed by atoms with van der Waals surface area (Å²) in [5.74, 6) is 0. The van der Waals surface area contributed by atoms with Crippen LogP contribution in [0.15, 0.2) is 29.6 Å². The molecule has 86 valence electrons. The van der Waals surface area contributed by atoms with E-state index >= 15 is 0 Å². The number of nitrogens with one attached hydrogen (secondary N) is 1. The van der Waals surface area contributed by atoms with E-state index in [1.165, 1.54) is 15.8 Å². The number of rotatable bonds is 1. The summed E-state index contributed by atoms with van der Waals surface area (Å²) in [6, 6.07) is 8.66. The Kier molecular flexibility index (Phi) is 3.69. The molecule has 1 aliphatic heterocycles. The third-order valence-corrected chi connectivity index (χ3v) is 3.87. The van der Waals surface area contributed by atoms with Gasteiger partial charge in [0.2, 0.25) is 0 Å². The average Bonchev–Trinajstić information content (AvgIpc) is 2.74. The highest BCUT2D eigenvalue weighted by Gasteiger charge is 2.13. The maximum Gasteiger partial charge on any atom is 0.0555 e. The molecule has 1 aromatic heterocycles. The van der Waals surface area contributed by atoms with Gasteiger partial charge in [-0.25, -0.2) is 0 Å². The molecule has 16 heavy (non-hydrogen) atoms. The molecule has 0 radical (unpaired) electrons. The molecule has 0 bridgehead atoms. The van der Waals surface area contributed by atoms with Crippen molar-refractivity contribution in [2.45, 2.75) is 0 Å². The second-order valence-electron chi connectivity index (χ2n) is 3.85. The molecule has 0 unspecified atom stereocenters. The summed E-state index contributed by atoms with van der Waals surface area (Å²) in [6.45, 7) is 4.45. The van der Waals surface area contributed by atoms with Gasteiger partial charge in [-0.05, 0) is 6.07 Å². The normalized spacial score (nSPS) is 16.1. The molecule has 0 spiro atoms. The molecular weight excluding hydrogens is 240 g/mol. The van der Waals surface area contributed by atoms with E-state index < -0.39 is 0 Å². The second kappa shape index (κ2) is 5.04. The molecule has 1 fully saturated rings. The van der Waals surface area contributed by atoms with Gasteiger partial charge in [0.1, 0.15) is 0 Å². The molecule has 0 saturated carbocycles. The van der Waals surface area contributed by atoms with Gasteiger partial charge < -0.3 is 10.2 Å². The van der Waals surface area contributed by atoms with Gasteiger partial charge in [-0.15, -0.1) is 23.7 Å². The summed E-state index contributed by atoms with van der Waals surface area (Å²) in [7, 11) is 0. The summed E-state index contributed by atoms with van der Waals surface area (Å²) < 4.78 is 1.39. The van der Waals surface area contributed by atoms with Gasteiger partial charge in [-0.2, -0.15) is 0 Å². The minimum atomic E-state index is 0. The summed E-state index contributed by atoms with van der Waals surface area (Å²) in [5.41, 5.74) is 1.41. The molecule has 3 rings (SSSR count). The van der Waals surface area contributed by atoms with Crippen molar-refractivity contribution in [2.24, 2.45) is 0 Å². The number of halogens is 1. The minimum Gasteiger partial charge on any atom is -0.368 e. The van der Waals surface area contributed by atoms with E-state index in [1.807, 2.05) is 11.3 Å². The van der Waals surface area contributed by atoms with Crippen LogP contribution in [0.5, 0.6) is 0 Å². The Balaban J connectivity index is 0.000000963.